The molecule has 0 spiro atoms. The number of carbonyl (C=O) groups excluding carboxylic acids is 1. The lowest BCUT2D eigenvalue weighted by Gasteiger charge is -2.18. The Morgan fingerprint density at radius 1 is 1.47 bits per heavy atom. The third-order valence-electron chi connectivity index (χ3n) is 2.65. The zero-order valence-electron chi connectivity index (χ0n) is 10.7. The number of hydrogen-bond donors (Lipinski definition) is 2. The number of non-ortho nitro benzene ring substituents is 1. The zero-order valence-corrected chi connectivity index (χ0v) is 10.7. The summed E-state index contributed by atoms with van der Waals surface area (Å²) in [6.07, 6.45) is 0. The van der Waals surface area contributed by atoms with Gasteiger partial charge in [-0.1, -0.05) is 13.8 Å². The number of benzene rings is 1. The van der Waals surface area contributed by atoms with Crippen LogP contribution in [-0.4, -0.2) is 16.9 Å². The van der Waals surface area contributed by atoms with Crippen molar-refractivity contribution in [1.82, 2.24) is 5.32 Å². The summed E-state index contributed by atoms with van der Waals surface area (Å²) in [6.45, 7) is 3.76. The molecule has 0 saturated heterocycles. The van der Waals surface area contributed by atoms with Crippen molar-refractivity contribution in [3.05, 3.63) is 39.7 Å². The van der Waals surface area contributed by atoms with Crippen LogP contribution in [0.25, 0.3) is 0 Å². The molecule has 0 aromatic heterocycles. The van der Waals surface area contributed by atoms with Gasteiger partial charge in [-0.05, 0) is 17.5 Å². The number of rotatable bonds is 6. The van der Waals surface area contributed by atoms with Crippen molar-refractivity contribution in [2.45, 2.75) is 26.4 Å². The lowest BCUT2D eigenvalue weighted by molar-refractivity contribution is -0.385. The predicted octanol–water partition coefficient (Wildman–Crippen LogP) is 1.33. The number of hydrogen-bond acceptors (Lipinski definition) is 4. The van der Waals surface area contributed by atoms with E-state index in [0.29, 0.717) is 5.56 Å². The summed E-state index contributed by atoms with van der Waals surface area (Å²) in [7, 11) is 0. The number of nitrogens with zero attached hydrogens (tertiary/aromatic N) is 1. The molecule has 1 atom stereocenters. The smallest absolute Gasteiger partial charge is 0.272 e. The Labute approximate surface area is 109 Å². The molecular formula is C12H16FN3O3. The van der Waals surface area contributed by atoms with Crippen molar-refractivity contribution in [3.63, 3.8) is 0 Å². The molecule has 0 saturated carbocycles. The van der Waals surface area contributed by atoms with E-state index in [1.807, 2.05) is 13.8 Å². The SMILES string of the molecule is CC(C)C(NCc1cc(F)cc([N+](=O)[O-])c1)C(N)=O. The van der Waals surface area contributed by atoms with Crippen molar-refractivity contribution < 1.29 is 14.1 Å². The summed E-state index contributed by atoms with van der Waals surface area (Å²) in [4.78, 5) is 21.1. The Morgan fingerprint density at radius 2 is 2.11 bits per heavy atom. The number of amides is 1. The molecule has 3 N–H and O–H groups in total. The maximum Gasteiger partial charge on any atom is 0.272 e. The quantitative estimate of drug-likeness (QED) is 0.601. The van der Waals surface area contributed by atoms with E-state index in [0.717, 1.165) is 6.07 Å². The zero-order chi connectivity index (χ0) is 14.6. The lowest BCUT2D eigenvalue weighted by atomic mass is 10.0. The molecule has 1 rings (SSSR count). The number of primary amides is 1. The summed E-state index contributed by atoms with van der Waals surface area (Å²) >= 11 is 0. The second kappa shape index (κ2) is 6.24. The van der Waals surface area contributed by atoms with Crippen LogP contribution in [0.1, 0.15) is 19.4 Å². The van der Waals surface area contributed by atoms with E-state index < -0.39 is 22.7 Å². The first kappa shape index (κ1) is 15.0. The van der Waals surface area contributed by atoms with Crippen LogP contribution < -0.4 is 11.1 Å². The molecule has 7 heteroatoms. The molecule has 1 unspecified atom stereocenters. The van der Waals surface area contributed by atoms with Gasteiger partial charge in [-0.15, -0.1) is 0 Å². The number of halogens is 1. The van der Waals surface area contributed by atoms with Gasteiger partial charge in [0.05, 0.1) is 17.0 Å². The van der Waals surface area contributed by atoms with Gasteiger partial charge >= 0.3 is 0 Å². The fourth-order valence-electron chi connectivity index (χ4n) is 1.73. The summed E-state index contributed by atoms with van der Waals surface area (Å²) in [5.74, 6) is -1.23. The average Bonchev–Trinajstić information content (AvgIpc) is 2.27. The lowest BCUT2D eigenvalue weighted by Crippen LogP contribution is -2.44. The first-order valence-electron chi connectivity index (χ1n) is 5.78. The highest BCUT2D eigenvalue weighted by Crippen LogP contribution is 2.16. The van der Waals surface area contributed by atoms with E-state index in [4.69, 9.17) is 5.73 Å². The van der Waals surface area contributed by atoms with E-state index in [2.05, 4.69) is 5.32 Å². The van der Waals surface area contributed by atoms with Crippen LogP contribution in [0.2, 0.25) is 0 Å². The maximum absolute atomic E-state index is 13.2. The van der Waals surface area contributed by atoms with E-state index in [9.17, 15) is 19.3 Å². The molecule has 0 radical (unpaired) electrons. The average molecular weight is 269 g/mol. The van der Waals surface area contributed by atoms with Crippen LogP contribution in [-0.2, 0) is 11.3 Å². The van der Waals surface area contributed by atoms with Gasteiger partial charge in [0.25, 0.3) is 5.69 Å². The minimum Gasteiger partial charge on any atom is -0.368 e. The molecule has 6 nitrogen and oxygen atoms in total. The summed E-state index contributed by atoms with van der Waals surface area (Å²) in [6, 6.07) is 2.71. The molecule has 0 aliphatic heterocycles. The molecule has 0 bridgehead atoms. The van der Waals surface area contributed by atoms with Crippen molar-refractivity contribution in [3.8, 4) is 0 Å². The summed E-state index contributed by atoms with van der Waals surface area (Å²) < 4.78 is 13.2. The number of nitro benzene ring substituents is 1. The molecule has 1 aromatic rings. The highest BCUT2D eigenvalue weighted by molar-refractivity contribution is 5.80. The first-order valence-corrected chi connectivity index (χ1v) is 5.78. The Kier molecular flexibility index (Phi) is 4.94. The molecular weight excluding hydrogens is 253 g/mol. The maximum atomic E-state index is 13.2. The summed E-state index contributed by atoms with van der Waals surface area (Å²) in [5, 5.41) is 13.5. The van der Waals surface area contributed by atoms with E-state index in [-0.39, 0.29) is 18.2 Å². The molecule has 104 valence electrons. The van der Waals surface area contributed by atoms with Crippen molar-refractivity contribution in [1.29, 1.82) is 0 Å². The Bertz CT molecular complexity index is 491. The number of carbonyl (C=O) groups is 1. The third kappa shape index (κ3) is 4.29. The minimum atomic E-state index is -0.689. The van der Waals surface area contributed by atoms with Gasteiger partial charge in [0, 0.05) is 12.6 Å². The Balaban J connectivity index is 2.82. The van der Waals surface area contributed by atoms with Crippen LogP contribution in [0, 0.1) is 21.8 Å². The Hall–Kier alpha value is -2.02. The summed E-state index contributed by atoms with van der Waals surface area (Å²) in [5.41, 5.74) is 5.29. The fraction of sp³-hybridized carbons (Fsp3) is 0.417. The molecule has 0 fully saturated rings. The van der Waals surface area contributed by atoms with Crippen LogP contribution >= 0.6 is 0 Å². The molecule has 19 heavy (non-hydrogen) atoms. The second-order valence-electron chi connectivity index (χ2n) is 4.58. The van der Waals surface area contributed by atoms with Gasteiger partial charge < -0.3 is 11.1 Å². The fourth-order valence-corrected chi connectivity index (χ4v) is 1.73. The van der Waals surface area contributed by atoms with Crippen LogP contribution in [0.15, 0.2) is 18.2 Å². The van der Waals surface area contributed by atoms with E-state index in [1.54, 1.807) is 0 Å². The topological polar surface area (TPSA) is 98.3 Å². The van der Waals surface area contributed by atoms with Crippen LogP contribution in [0.4, 0.5) is 10.1 Å². The second-order valence-corrected chi connectivity index (χ2v) is 4.58. The van der Waals surface area contributed by atoms with Gasteiger partial charge in [0.1, 0.15) is 5.82 Å². The van der Waals surface area contributed by atoms with E-state index >= 15 is 0 Å². The van der Waals surface area contributed by atoms with E-state index in [1.165, 1.54) is 12.1 Å². The predicted molar refractivity (Wildman–Crippen MR) is 67.7 cm³/mol. The standard InChI is InChI=1S/C12H16FN3O3/c1-7(2)11(12(14)17)15-6-8-3-9(13)5-10(4-8)16(18)19/h3-5,7,11,15H,6H2,1-2H3,(H2,14,17). The molecule has 1 aromatic carbocycles. The van der Waals surface area contributed by atoms with Crippen molar-refractivity contribution in [2.75, 3.05) is 0 Å². The Morgan fingerprint density at radius 3 is 2.58 bits per heavy atom. The van der Waals surface area contributed by atoms with Crippen LogP contribution in [0.5, 0.6) is 0 Å². The number of nitro groups is 1. The largest absolute Gasteiger partial charge is 0.368 e. The van der Waals surface area contributed by atoms with Gasteiger partial charge in [-0.2, -0.15) is 0 Å². The molecule has 0 heterocycles. The third-order valence-corrected chi connectivity index (χ3v) is 2.65. The van der Waals surface area contributed by atoms with Gasteiger partial charge in [0.2, 0.25) is 5.91 Å². The van der Waals surface area contributed by atoms with Gasteiger partial charge in [-0.3, -0.25) is 14.9 Å². The van der Waals surface area contributed by atoms with Crippen LogP contribution in [0.3, 0.4) is 0 Å². The number of nitrogens with one attached hydrogen (secondary N) is 1. The first-order chi connectivity index (χ1) is 8.81. The monoisotopic (exact) mass is 269 g/mol. The minimum absolute atomic E-state index is 0.0268. The highest BCUT2D eigenvalue weighted by atomic mass is 19.1. The van der Waals surface area contributed by atoms with Gasteiger partial charge in [-0.25, -0.2) is 4.39 Å². The molecule has 0 aliphatic rings. The van der Waals surface area contributed by atoms with Crippen molar-refractivity contribution in [2.24, 2.45) is 11.7 Å². The number of nitrogens with two attached hydrogens (primary N) is 1. The van der Waals surface area contributed by atoms with Gasteiger partial charge in [0.15, 0.2) is 0 Å². The highest BCUT2D eigenvalue weighted by Gasteiger charge is 2.19. The normalized spacial score (nSPS) is 12.4. The van der Waals surface area contributed by atoms with Crippen molar-refractivity contribution >= 4 is 11.6 Å². The molecule has 0 aliphatic carbocycles. The molecule has 1 amide bonds.